The minimum absolute atomic E-state index is 0.427. The Morgan fingerprint density at radius 2 is 1.33 bits per heavy atom. The van der Waals surface area contributed by atoms with Crippen molar-refractivity contribution in [1.29, 1.82) is 0 Å². The van der Waals surface area contributed by atoms with Gasteiger partial charge in [-0.3, -0.25) is 24.0 Å². The SMILES string of the molecule is C[C@H](N)C(=O)N[C@@H](C)C(=O)N[C@@H](C)C(=O)NCC(=O)NCC(=O)O. The molecule has 0 spiro atoms. The van der Waals surface area contributed by atoms with Crippen molar-refractivity contribution in [2.24, 2.45) is 5.73 Å². The van der Waals surface area contributed by atoms with Gasteiger partial charge in [-0.1, -0.05) is 0 Å². The monoisotopic (exact) mass is 345 g/mol. The van der Waals surface area contributed by atoms with Gasteiger partial charge in [-0.2, -0.15) is 0 Å². The lowest BCUT2D eigenvalue weighted by Crippen LogP contribution is -2.54. The molecule has 0 aliphatic carbocycles. The molecule has 0 rings (SSSR count). The van der Waals surface area contributed by atoms with E-state index in [1.54, 1.807) is 0 Å². The van der Waals surface area contributed by atoms with E-state index >= 15 is 0 Å². The number of nitrogens with one attached hydrogen (secondary N) is 4. The van der Waals surface area contributed by atoms with Crippen molar-refractivity contribution < 1.29 is 29.1 Å². The molecule has 11 nitrogen and oxygen atoms in total. The Labute approximate surface area is 138 Å². The van der Waals surface area contributed by atoms with Gasteiger partial charge in [-0.25, -0.2) is 0 Å². The van der Waals surface area contributed by atoms with Crippen molar-refractivity contribution in [3.63, 3.8) is 0 Å². The van der Waals surface area contributed by atoms with E-state index in [-0.39, 0.29) is 0 Å². The average molecular weight is 345 g/mol. The van der Waals surface area contributed by atoms with Crippen molar-refractivity contribution in [3.8, 4) is 0 Å². The lowest BCUT2D eigenvalue weighted by atomic mass is 10.2. The van der Waals surface area contributed by atoms with Crippen LogP contribution in [0.4, 0.5) is 0 Å². The number of aliphatic carboxylic acids is 1. The maximum Gasteiger partial charge on any atom is 0.322 e. The van der Waals surface area contributed by atoms with E-state index in [1.165, 1.54) is 20.8 Å². The first-order valence-corrected chi connectivity index (χ1v) is 7.17. The molecule has 0 aromatic rings. The third kappa shape index (κ3) is 8.68. The Balaban J connectivity index is 4.25. The number of rotatable bonds is 9. The van der Waals surface area contributed by atoms with Crippen LogP contribution in [0.3, 0.4) is 0 Å². The maximum absolute atomic E-state index is 11.8. The molecular formula is C13H23N5O6. The topological polar surface area (TPSA) is 180 Å². The Hall–Kier alpha value is -2.69. The molecule has 24 heavy (non-hydrogen) atoms. The van der Waals surface area contributed by atoms with Gasteiger partial charge in [-0.15, -0.1) is 0 Å². The average Bonchev–Trinajstić information content (AvgIpc) is 2.49. The van der Waals surface area contributed by atoms with Crippen LogP contribution in [0.25, 0.3) is 0 Å². The summed E-state index contributed by atoms with van der Waals surface area (Å²) in [6, 6.07) is -2.62. The second-order valence-electron chi connectivity index (χ2n) is 5.14. The van der Waals surface area contributed by atoms with Gasteiger partial charge in [0, 0.05) is 0 Å². The zero-order valence-corrected chi connectivity index (χ0v) is 13.7. The molecule has 0 fully saturated rings. The summed E-state index contributed by atoms with van der Waals surface area (Å²) in [5.41, 5.74) is 5.36. The first-order valence-electron chi connectivity index (χ1n) is 7.17. The summed E-state index contributed by atoms with van der Waals surface area (Å²) in [5.74, 6) is -3.63. The summed E-state index contributed by atoms with van der Waals surface area (Å²) in [4.78, 5) is 56.5. The number of carboxylic acid groups (broad SMARTS) is 1. The van der Waals surface area contributed by atoms with Gasteiger partial charge in [-0.05, 0) is 20.8 Å². The van der Waals surface area contributed by atoms with Crippen LogP contribution >= 0.6 is 0 Å². The molecule has 0 bridgehead atoms. The predicted octanol–water partition coefficient (Wildman–Crippen LogP) is -3.34. The van der Waals surface area contributed by atoms with Crippen LogP contribution in [-0.2, 0) is 24.0 Å². The van der Waals surface area contributed by atoms with Gasteiger partial charge in [0.1, 0.15) is 18.6 Å². The third-order valence-corrected chi connectivity index (χ3v) is 2.78. The van der Waals surface area contributed by atoms with Crippen molar-refractivity contribution in [1.82, 2.24) is 21.3 Å². The van der Waals surface area contributed by atoms with Gasteiger partial charge in [0.25, 0.3) is 0 Å². The van der Waals surface area contributed by atoms with Crippen molar-refractivity contribution >= 4 is 29.6 Å². The van der Waals surface area contributed by atoms with Crippen LogP contribution in [0.2, 0.25) is 0 Å². The number of amides is 4. The number of carboxylic acids is 1. The quantitative estimate of drug-likeness (QED) is 0.253. The van der Waals surface area contributed by atoms with Gasteiger partial charge < -0.3 is 32.1 Å². The Bertz CT molecular complexity index is 507. The van der Waals surface area contributed by atoms with E-state index in [0.29, 0.717) is 0 Å². The van der Waals surface area contributed by atoms with Crippen LogP contribution in [0.5, 0.6) is 0 Å². The summed E-state index contributed by atoms with van der Waals surface area (Å²) in [7, 11) is 0. The minimum atomic E-state index is -1.21. The molecule has 0 saturated carbocycles. The van der Waals surface area contributed by atoms with Crippen LogP contribution in [0.15, 0.2) is 0 Å². The Morgan fingerprint density at radius 3 is 1.83 bits per heavy atom. The van der Waals surface area contributed by atoms with Crippen molar-refractivity contribution in [2.45, 2.75) is 38.9 Å². The van der Waals surface area contributed by atoms with Gasteiger partial charge in [0.05, 0.1) is 12.6 Å². The molecule has 4 amide bonds. The minimum Gasteiger partial charge on any atom is -0.480 e. The van der Waals surface area contributed by atoms with E-state index in [2.05, 4.69) is 21.3 Å². The Morgan fingerprint density at radius 1 is 0.833 bits per heavy atom. The molecule has 0 aliphatic rings. The molecule has 0 radical (unpaired) electrons. The molecule has 0 saturated heterocycles. The second-order valence-corrected chi connectivity index (χ2v) is 5.14. The number of hydrogen-bond acceptors (Lipinski definition) is 6. The van der Waals surface area contributed by atoms with E-state index in [1.807, 2.05) is 0 Å². The highest BCUT2D eigenvalue weighted by atomic mass is 16.4. The molecule has 0 aromatic carbocycles. The highest BCUT2D eigenvalue weighted by molar-refractivity contribution is 5.93. The number of carbonyl (C=O) groups is 5. The molecule has 136 valence electrons. The highest BCUT2D eigenvalue weighted by Gasteiger charge is 2.22. The lowest BCUT2D eigenvalue weighted by Gasteiger charge is -2.19. The number of hydrogen-bond donors (Lipinski definition) is 6. The van der Waals surface area contributed by atoms with Crippen LogP contribution in [0.1, 0.15) is 20.8 Å². The fraction of sp³-hybridized carbons (Fsp3) is 0.615. The molecule has 11 heteroatoms. The molecule has 7 N–H and O–H groups in total. The molecule has 0 aliphatic heterocycles. The maximum atomic E-state index is 11.8. The van der Waals surface area contributed by atoms with Crippen LogP contribution < -0.4 is 27.0 Å². The van der Waals surface area contributed by atoms with Crippen LogP contribution in [-0.4, -0.2) is 65.9 Å². The number of nitrogens with two attached hydrogens (primary N) is 1. The summed E-state index contributed by atoms with van der Waals surface area (Å²) in [5, 5.41) is 17.4. The molecular weight excluding hydrogens is 322 g/mol. The molecule has 0 unspecified atom stereocenters. The highest BCUT2D eigenvalue weighted by Crippen LogP contribution is 1.89. The normalized spacial score (nSPS) is 13.8. The van der Waals surface area contributed by atoms with Crippen molar-refractivity contribution in [3.05, 3.63) is 0 Å². The summed E-state index contributed by atoms with van der Waals surface area (Å²) in [6.07, 6.45) is 0. The zero-order chi connectivity index (χ0) is 18.9. The summed E-state index contributed by atoms with van der Waals surface area (Å²) < 4.78 is 0. The van der Waals surface area contributed by atoms with Gasteiger partial charge in [0.15, 0.2) is 0 Å². The fourth-order valence-electron chi connectivity index (χ4n) is 1.37. The third-order valence-electron chi connectivity index (χ3n) is 2.78. The Kier molecular flexibility index (Phi) is 9.02. The van der Waals surface area contributed by atoms with Gasteiger partial charge >= 0.3 is 5.97 Å². The van der Waals surface area contributed by atoms with E-state index < -0.39 is 60.8 Å². The summed E-state index contributed by atoms with van der Waals surface area (Å²) in [6.45, 7) is 3.30. The standard InChI is InChI=1S/C13H23N5O6/c1-6(14)11(22)17-8(3)13(24)18-7(2)12(23)16-4-9(19)15-5-10(20)21/h6-8H,4-5,14H2,1-3H3,(H,15,19)(H,16,23)(H,17,22)(H,18,24)(H,20,21)/t6-,7-,8-/m0/s1. The van der Waals surface area contributed by atoms with E-state index in [4.69, 9.17) is 10.8 Å². The molecule has 0 aromatic heterocycles. The first-order chi connectivity index (χ1) is 11.0. The smallest absolute Gasteiger partial charge is 0.322 e. The van der Waals surface area contributed by atoms with E-state index in [9.17, 15) is 24.0 Å². The number of carbonyl (C=O) groups excluding carboxylic acids is 4. The largest absolute Gasteiger partial charge is 0.480 e. The fourth-order valence-corrected chi connectivity index (χ4v) is 1.37. The predicted molar refractivity (Wildman–Crippen MR) is 82.5 cm³/mol. The molecule has 3 atom stereocenters. The first kappa shape index (κ1) is 21.3. The van der Waals surface area contributed by atoms with Gasteiger partial charge in [0.2, 0.25) is 23.6 Å². The van der Waals surface area contributed by atoms with E-state index in [0.717, 1.165) is 0 Å². The molecule has 0 heterocycles. The zero-order valence-electron chi connectivity index (χ0n) is 13.7. The lowest BCUT2D eigenvalue weighted by molar-refractivity contribution is -0.138. The van der Waals surface area contributed by atoms with Crippen molar-refractivity contribution in [2.75, 3.05) is 13.1 Å². The van der Waals surface area contributed by atoms with Crippen LogP contribution in [0, 0.1) is 0 Å². The summed E-state index contributed by atoms with van der Waals surface area (Å²) >= 11 is 0. The second kappa shape index (κ2) is 10.2.